The molecule has 94 valence electrons. The van der Waals surface area contributed by atoms with Gasteiger partial charge in [0.25, 0.3) is 0 Å². The molecule has 0 fully saturated rings. The van der Waals surface area contributed by atoms with Crippen LogP contribution in [0.2, 0.25) is 0 Å². The van der Waals surface area contributed by atoms with Crippen molar-refractivity contribution in [3.63, 3.8) is 0 Å². The van der Waals surface area contributed by atoms with Gasteiger partial charge in [0, 0.05) is 5.69 Å². The Kier molecular flexibility index (Phi) is 3.61. The summed E-state index contributed by atoms with van der Waals surface area (Å²) in [6.07, 6.45) is 0. The summed E-state index contributed by atoms with van der Waals surface area (Å²) in [4.78, 5) is 15.8. The van der Waals surface area contributed by atoms with Crippen LogP contribution in [0.15, 0.2) is 33.5 Å². The first-order valence-corrected chi connectivity index (χ1v) is 6.26. The van der Waals surface area contributed by atoms with Gasteiger partial charge < -0.3 is 0 Å². The van der Waals surface area contributed by atoms with E-state index in [-0.39, 0.29) is 11.5 Å². The second-order valence-corrected chi connectivity index (χ2v) is 4.89. The minimum absolute atomic E-state index is 0.308. The van der Waals surface area contributed by atoms with E-state index in [0.29, 0.717) is 12.2 Å². The molecule has 1 aromatic heterocycles. The van der Waals surface area contributed by atoms with Crippen molar-refractivity contribution in [1.82, 2.24) is 9.55 Å². The van der Waals surface area contributed by atoms with Gasteiger partial charge in [-0.25, -0.2) is 9.18 Å². The van der Waals surface area contributed by atoms with Crippen LogP contribution in [0.3, 0.4) is 0 Å². The zero-order valence-corrected chi connectivity index (χ0v) is 11.7. The molecule has 0 amide bonds. The van der Waals surface area contributed by atoms with Crippen LogP contribution in [-0.4, -0.2) is 9.55 Å². The maximum absolute atomic E-state index is 13.1. The van der Waals surface area contributed by atoms with Gasteiger partial charge in [-0.15, -0.1) is 0 Å². The second kappa shape index (κ2) is 5.02. The normalized spacial score (nSPS) is 10.7. The van der Waals surface area contributed by atoms with E-state index in [9.17, 15) is 9.18 Å². The fourth-order valence-electron chi connectivity index (χ4n) is 1.78. The molecule has 0 aliphatic heterocycles. The molecule has 0 atom stereocenters. The van der Waals surface area contributed by atoms with E-state index in [1.165, 1.54) is 16.7 Å². The summed E-state index contributed by atoms with van der Waals surface area (Å²) in [5.41, 5.74) is 1.86. The van der Waals surface area contributed by atoms with Crippen LogP contribution < -0.4 is 5.69 Å². The van der Waals surface area contributed by atoms with Crippen molar-refractivity contribution < 1.29 is 4.39 Å². The lowest BCUT2D eigenvalue weighted by molar-refractivity contribution is 0.620. The lowest BCUT2D eigenvalue weighted by Crippen LogP contribution is -2.26. The summed E-state index contributed by atoms with van der Waals surface area (Å²) in [6.45, 7) is 3.92. The summed E-state index contributed by atoms with van der Waals surface area (Å²) in [6, 6.07) is 6.20. The summed E-state index contributed by atoms with van der Waals surface area (Å²) in [5, 5.41) is 0. The third-order valence-electron chi connectivity index (χ3n) is 2.76. The quantitative estimate of drug-likeness (QED) is 0.855. The molecule has 0 aliphatic rings. The van der Waals surface area contributed by atoms with Crippen molar-refractivity contribution in [2.75, 3.05) is 0 Å². The van der Waals surface area contributed by atoms with E-state index in [1.807, 2.05) is 6.92 Å². The number of hydrogen-bond donors (Lipinski definition) is 0. The molecule has 0 aliphatic carbocycles. The van der Waals surface area contributed by atoms with Crippen LogP contribution in [0, 0.1) is 19.7 Å². The first kappa shape index (κ1) is 13.0. The van der Waals surface area contributed by atoms with Crippen molar-refractivity contribution in [2.24, 2.45) is 0 Å². The SMILES string of the molecule is Cc1nc(=O)n(Cc2cccc(F)c2)c(C)c1Br. The Hall–Kier alpha value is -1.49. The van der Waals surface area contributed by atoms with Crippen molar-refractivity contribution in [3.05, 3.63) is 62.0 Å². The lowest BCUT2D eigenvalue weighted by atomic mass is 10.2. The first-order chi connectivity index (χ1) is 8.49. The molecule has 1 heterocycles. The first-order valence-electron chi connectivity index (χ1n) is 5.47. The number of rotatable bonds is 2. The number of benzene rings is 1. The molecule has 0 radical (unpaired) electrons. The summed E-state index contributed by atoms with van der Waals surface area (Å²) < 4.78 is 15.4. The van der Waals surface area contributed by atoms with E-state index in [4.69, 9.17) is 0 Å². The number of aryl methyl sites for hydroxylation is 1. The van der Waals surface area contributed by atoms with E-state index >= 15 is 0 Å². The Balaban J connectivity index is 2.47. The fourth-order valence-corrected chi connectivity index (χ4v) is 2.08. The van der Waals surface area contributed by atoms with E-state index < -0.39 is 0 Å². The smallest absolute Gasteiger partial charge is 0.291 e. The van der Waals surface area contributed by atoms with Gasteiger partial charge in [-0.05, 0) is 47.5 Å². The Morgan fingerprint density at radius 2 is 2.11 bits per heavy atom. The third-order valence-corrected chi connectivity index (χ3v) is 3.91. The number of nitrogens with zero attached hydrogens (tertiary/aromatic N) is 2. The molecular weight excluding hydrogens is 299 g/mol. The average molecular weight is 311 g/mol. The molecule has 2 rings (SSSR count). The maximum atomic E-state index is 13.1. The van der Waals surface area contributed by atoms with Gasteiger partial charge in [0.05, 0.1) is 16.7 Å². The molecule has 18 heavy (non-hydrogen) atoms. The van der Waals surface area contributed by atoms with Crippen LogP contribution in [-0.2, 0) is 6.54 Å². The van der Waals surface area contributed by atoms with Gasteiger partial charge in [0.2, 0.25) is 0 Å². The van der Waals surface area contributed by atoms with Crippen molar-refractivity contribution in [1.29, 1.82) is 0 Å². The van der Waals surface area contributed by atoms with Gasteiger partial charge in [0.15, 0.2) is 0 Å². The molecule has 2 aromatic rings. The van der Waals surface area contributed by atoms with Crippen LogP contribution in [0.25, 0.3) is 0 Å². The Morgan fingerprint density at radius 3 is 2.78 bits per heavy atom. The topological polar surface area (TPSA) is 34.9 Å². The largest absolute Gasteiger partial charge is 0.348 e. The van der Waals surface area contributed by atoms with Crippen LogP contribution >= 0.6 is 15.9 Å². The summed E-state index contributed by atoms with van der Waals surface area (Å²) in [7, 11) is 0. The van der Waals surface area contributed by atoms with Crippen LogP contribution in [0.4, 0.5) is 4.39 Å². The molecular formula is C13H12BrFN2O. The highest BCUT2D eigenvalue weighted by Gasteiger charge is 2.09. The highest BCUT2D eigenvalue weighted by atomic mass is 79.9. The molecule has 5 heteroatoms. The summed E-state index contributed by atoms with van der Waals surface area (Å²) >= 11 is 3.40. The predicted molar refractivity (Wildman–Crippen MR) is 71.2 cm³/mol. The highest BCUT2D eigenvalue weighted by Crippen LogP contribution is 2.17. The number of aromatic nitrogens is 2. The average Bonchev–Trinajstić information content (AvgIpc) is 2.32. The number of halogens is 2. The molecule has 3 nitrogen and oxygen atoms in total. The maximum Gasteiger partial charge on any atom is 0.348 e. The fraction of sp³-hybridized carbons (Fsp3) is 0.231. The Morgan fingerprint density at radius 1 is 1.39 bits per heavy atom. The Bertz CT molecular complexity index is 652. The highest BCUT2D eigenvalue weighted by molar-refractivity contribution is 9.10. The van der Waals surface area contributed by atoms with E-state index in [0.717, 1.165) is 15.7 Å². The lowest BCUT2D eigenvalue weighted by Gasteiger charge is -2.12. The molecule has 0 unspecified atom stereocenters. The minimum atomic E-state index is -0.322. The van der Waals surface area contributed by atoms with E-state index in [2.05, 4.69) is 20.9 Å². The standard InChI is InChI=1S/C13H12BrFN2O/c1-8-12(14)9(2)17(13(18)16-8)7-10-4-3-5-11(15)6-10/h3-6H,7H2,1-2H3. The molecule has 1 aromatic carbocycles. The third kappa shape index (κ3) is 2.51. The molecule has 0 saturated heterocycles. The predicted octanol–water partition coefficient (Wildman–Crippen LogP) is 2.81. The van der Waals surface area contributed by atoms with Gasteiger partial charge in [0.1, 0.15) is 5.82 Å². The van der Waals surface area contributed by atoms with Gasteiger partial charge in [-0.2, -0.15) is 4.98 Å². The monoisotopic (exact) mass is 310 g/mol. The molecule has 0 bridgehead atoms. The van der Waals surface area contributed by atoms with Gasteiger partial charge in [-0.1, -0.05) is 12.1 Å². The molecule has 0 N–H and O–H groups in total. The Labute approximate surface area is 112 Å². The zero-order chi connectivity index (χ0) is 13.3. The van der Waals surface area contributed by atoms with Crippen LogP contribution in [0.1, 0.15) is 17.0 Å². The van der Waals surface area contributed by atoms with Crippen molar-refractivity contribution in [2.45, 2.75) is 20.4 Å². The van der Waals surface area contributed by atoms with E-state index in [1.54, 1.807) is 19.1 Å². The van der Waals surface area contributed by atoms with Crippen molar-refractivity contribution in [3.8, 4) is 0 Å². The zero-order valence-electron chi connectivity index (χ0n) is 10.1. The molecule has 0 saturated carbocycles. The van der Waals surface area contributed by atoms with Crippen molar-refractivity contribution >= 4 is 15.9 Å². The molecule has 0 spiro atoms. The number of hydrogen-bond acceptors (Lipinski definition) is 2. The van der Waals surface area contributed by atoms with Gasteiger partial charge in [-0.3, -0.25) is 4.57 Å². The van der Waals surface area contributed by atoms with Crippen LogP contribution in [0.5, 0.6) is 0 Å². The second-order valence-electron chi connectivity index (χ2n) is 4.10. The summed E-state index contributed by atoms with van der Waals surface area (Å²) in [5.74, 6) is -0.308. The van der Waals surface area contributed by atoms with Gasteiger partial charge >= 0.3 is 5.69 Å². The minimum Gasteiger partial charge on any atom is -0.291 e.